The number of aromatic nitrogens is 1. The van der Waals surface area contributed by atoms with E-state index in [-0.39, 0.29) is 24.1 Å². The van der Waals surface area contributed by atoms with Crippen LogP contribution in [0.4, 0.5) is 20.4 Å². The molecule has 1 aromatic rings. The van der Waals surface area contributed by atoms with Crippen molar-refractivity contribution in [2.45, 2.75) is 20.0 Å². The van der Waals surface area contributed by atoms with Gasteiger partial charge in [0.1, 0.15) is 0 Å². The maximum absolute atomic E-state index is 13.2. The average Bonchev–Trinajstić information content (AvgIpc) is 2.20. The van der Waals surface area contributed by atoms with Crippen molar-refractivity contribution in [3.8, 4) is 0 Å². The Bertz CT molecular complexity index is 371. The number of nitrogens with two attached hydrogens (primary N) is 1. The SMILES string of the molecule is CC(C)C(O)CNc1nc(N)c(F)cc1F. The Kier molecular flexibility index (Phi) is 4.00. The average molecular weight is 231 g/mol. The number of aliphatic hydroxyl groups excluding tert-OH is 1. The molecule has 0 radical (unpaired) electrons. The normalized spacial score (nSPS) is 12.9. The van der Waals surface area contributed by atoms with Crippen molar-refractivity contribution >= 4 is 11.6 Å². The van der Waals surface area contributed by atoms with Crippen molar-refractivity contribution in [1.82, 2.24) is 4.98 Å². The van der Waals surface area contributed by atoms with E-state index in [9.17, 15) is 13.9 Å². The predicted octanol–water partition coefficient (Wildman–Crippen LogP) is 1.37. The second-order valence-corrected chi connectivity index (χ2v) is 3.88. The van der Waals surface area contributed by atoms with E-state index >= 15 is 0 Å². The molecule has 0 fully saturated rings. The van der Waals surface area contributed by atoms with Gasteiger partial charge >= 0.3 is 0 Å². The minimum absolute atomic E-state index is 0.0355. The molecule has 0 saturated carbocycles. The molecule has 0 amide bonds. The summed E-state index contributed by atoms with van der Waals surface area (Å²) in [4.78, 5) is 3.51. The lowest BCUT2D eigenvalue weighted by molar-refractivity contribution is 0.137. The summed E-state index contributed by atoms with van der Waals surface area (Å²) in [6, 6.07) is 0.659. The number of aliphatic hydroxyl groups is 1. The van der Waals surface area contributed by atoms with Crippen molar-refractivity contribution in [2.75, 3.05) is 17.6 Å². The van der Waals surface area contributed by atoms with Gasteiger partial charge in [0.25, 0.3) is 0 Å². The van der Waals surface area contributed by atoms with Crippen LogP contribution in [0.2, 0.25) is 0 Å². The fourth-order valence-corrected chi connectivity index (χ4v) is 1.04. The maximum atomic E-state index is 13.2. The van der Waals surface area contributed by atoms with Crippen molar-refractivity contribution in [3.05, 3.63) is 17.7 Å². The van der Waals surface area contributed by atoms with Gasteiger partial charge in [-0.1, -0.05) is 13.8 Å². The van der Waals surface area contributed by atoms with Gasteiger partial charge in [-0.05, 0) is 5.92 Å². The van der Waals surface area contributed by atoms with Gasteiger partial charge in [0.15, 0.2) is 23.3 Å². The Morgan fingerprint density at radius 1 is 1.44 bits per heavy atom. The highest BCUT2D eigenvalue weighted by Gasteiger charge is 2.13. The van der Waals surface area contributed by atoms with E-state index in [2.05, 4.69) is 10.3 Å². The minimum Gasteiger partial charge on any atom is -0.391 e. The number of rotatable bonds is 4. The van der Waals surface area contributed by atoms with Gasteiger partial charge < -0.3 is 16.2 Å². The third kappa shape index (κ3) is 3.03. The van der Waals surface area contributed by atoms with Gasteiger partial charge in [0.05, 0.1) is 6.10 Å². The van der Waals surface area contributed by atoms with E-state index in [1.165, 1.54) is 0 Å². The molecule has 0 spiro atoms. The van der Waals surface area contributed by atoms with Crippen molar-refractivity contribution in [1.29, 1.82) is 0 Å². The second-order valence-electron chi connectivity index (χ2n) is 3.88. The minimum atomic E-state index is -0.896. The van der Waals surface area contributed by atoms with Crippen LogP contribution in [0.5, 0.6) is 0 Å². The lowest BCUT2D eigenvalue weighted by Crippen LogP contribution is -2.25. The largest absolute Gasteiger partial charge is 0.391 e. The lowest BCUT2D eigenvalue weighted by atomic mass is 10.1. The molecule has 0 saturated heterocycles. The van der Waals surface area contributed by atoms with Crippen molar-refractivity contribution in [2.24, 2.45) is 5.92 Å². The standard InChI is InChI=1S/C10H15F2N3O/c1-5(2)8(16)4-14-10-7(12)3-6(11)9(13)15-10/h3,5,8,16H,4H2,1-2H3,(H3,13,14,15). The molecule has 90 valence electrons. The molecule has 16 heavy (non-hydrogen) atoms. The number of hydrogen-bond donors (Lipinski definition) is 3. The van der Waals surface area contributed by atoms with Gasteiger partial charge in [0, 0.05) is 12.6 Å². The summed E-state index contributed by atoms with van der Waals surface area (Å²) >= 11 is 0. The molecular weight excluding hydrogens is 216 g/mol. The summed E-state index contributed by atoms with van der Waals surface area (Å²) in [6.07, 6.45) is -0.632. The molecule has 0 aliphatic carbocycles. The molecule has 0 aliphatic rings. The Morgan fingerprint density at radius 3 is 2.62 bits per heavy atom. The van der Waals surface area contributed by atoms with E-state index in [0.717, 1.165) is 0 Å². The summed E-state index contributed by atoms with van der Waals surface area (Å²) in [6.45, 7) is 3.79. The van der Waals surface area contributed by atoms with E-state index < -0.39 is 17.7 Å². The van der Waals surface area contributed by atoms with Crippen LogP contribution in [-0.4, -0.2) is 22.7 Å². The highest BCUT2D eigenvalue weighted by Crippen LogP contribution is 2.16. The molecule has 4 nitrogen and oxygen atoms in total. The van der Waals surface area contributed by atoms with Crippen LogP contribution in [-0.2, 0) is 0 Å². The predicted molar refractivity (Wildman–Crippen MR) is 57.9 cm³/mol. The number of nitrogens with one attached hydrogen (secondary N) is 1. The highest BCUT2D eigenvalue weighted by atomic mass is 19.1. The number of halogens is 2. The molecule has 1 aromatic heterocycles. The Balaban J connectivity index is 2.71. The first-order valence-corrected chi connectivity index (χ1v) is 4.95. The zero-order chi connectivity index (χ0) is 12.3. The van der Waals surface area contributed by atoms with Gasteiger partial charge in [-0.3, -0.25) is 0 Å². The molecular formula is C10H15F2N3O. The first kappa shape index (κ1) is 12.6. The van der Waals surface area contributed by atoms with Crippen LogP contribution < -0.4 is 11.1 Å². The molecule has 1 atom stereocenters. The number of nitrogen functional groups attached to an aromatic ring is 1. The first-order valence-electron chi connectivity index (χ1n) is 4.95. The number of nitrogens with zero attached hydrogens (tertiary/aromatic N) is 1. The fourth-order valence-electron chi connectivity index (χ4n) is 1.04. The molecule has 4 N–H and O–H groups in total. The van der Waals surface area contributed by atoms with E-state index in [0.29, 0.717) is 6.07 Å². The quantitative estimate of drug-likeness (QED) is 0.732. The van der Waals surface area contributed by atoms with Crippen LogP contribution in [0.25, 0.3) is 0 Å². The fraction of sp³-hybridized carbons (Fsp3) is 0.500. The highest BCUT2D eigenvalue weighted by molar-refractivity contribution is 5.44. The van der Waals surface area contributed by atoms with E-state index in [4.69, 9.17) is 5.73 Å². The van der Waals surface area contributed by atoms with Crippen LogP contribution in [0.15, 0.2) is 6.07 Å². The summed E-state index contributed by atoms with van der Waals surface area (Å²) in [5, 5.41) is 12.1. The number of pyridine rings is 1. The molecule has 1 unspecified atom stereocenters. The van der Waals surface area contributed by atoms with E-state index in [1.807, 2.05) is 13.8 Å². The number of anilines is 2. The zero-order valence-electron chi connectivity index (χ0n) is 9.17. The lowest BCUT2D eigenvalue weighted by Gasteiger charge is -2.15. The first-order chi connectivity index (χ1) is 7.41. The molecule has 0 bridgehead atoms. The molecule has 1 heterocycles. The number of hydrogen-bond acceptors (Lipinski definition) is 4. The zero-order valence-corrected chi connectivity index (χ0v) is 9.17. The monoisotopic (exact) mass is 231 g/mol. The van der Waals surface area contributed by atoms with Gasteiger partial charge in [-0.25, -0.2) is 13.8 Å². The van der Waals surface area contributed by atoms with Crippen molar-refractivity contribution < 1.29 is 13.9 Å². The van der Waals surface area contributed by atoms with Crippen LogP contribution in [0.1, 0.15) is 13.8 Å². The Morgan fingerprint density at radius 2 is 2.06 bits per heavy atom. The molecule has 0 aliphatic heterocycles. The summed E-state index contributed by atoms with van der Waals surface area (Å²) in [7, 11) is 0. The topological polar surface area (TPSA) is 71.2 Å². The molecule has 1 rings (SSSR count). The van der Waals surface area contributed by atoms with Crippen LogP contribution in [0, 0.1) is 17.6 Å². The van der Waals surface area contributed by atoms with Gasteiger partial charge in [0.2, 0.25) is 0 Å². The van der Waals surface area contributed by atoms with Gasteiger partial charge in [-0.2, -0.15) is 0 Å². The molecule has 0 aromatic carbocycles. The Labute approximate surface area is 92.5 Å². The van der Waals surface area contributed by atoms with Crippen LogP contribution >= 0.6 is 0 Å². The third-order valence-electron chi connectivity index (χ3n) is 2.20. The third-order valence-corrected chi connectivity index (χ3v) is 2.20. The van der Waals surface area contributed by atoms with Crippen LogP contribution in [0.3, 0.4) is 0 Å². The summed E-state index contributed by atoms with van der Waals surface area (Å²) < 4.78 is 26.0. The van der Waals surface area contributed by atoms with Crippen molar-refractivity contribution in [3.63, 3.8) is 0 Å². The second kappa shape index (κ2) is 5.07. The maximum Gasteiger partial charge on any atom is 0.168 e. The Hall–Kier alpha value is -1.43. The summed E-state index contributed by atoms with van der Waals surface area (Å²) in [5.74, 6) is -2.22. The van der Waals surface area contributed by atoms with Gasteiger partial charge in [-0.15, -0.1) is 0 Å². The molecule has 6 heteroatoms. The van der Waals surface area contributed by atoms with E-state index in [1.54, 1.807) is 0 Å². The summed E-state index contributed by atoms with van der Waals surface area (Å²) in [5.41, 5.74) is 5.20. The smallest absolute Gasteiger partial charge is 0.168 e.